The number of hydrogen-bond donors (Lipinski definition) is 1. The Bertz CT molecular complexity index is 808. The molecule has 4 atom stereocenters. The van der Waals surface area contributed by atoms with Crippen LogP contribution in [0.2, 0.25) is 0 Å². The highest BCUT2D eigenvalue weighted by Crippen LogP contribution is 2.65. The van der Waals surface area contributed by atoms with Gasteiger partial charge in [-0.1, -0.05) is 20.8 Å². The van der Waals surface area contributed by atoms with Gasteiger partial charge in [0, 0.05) is 30.6 Å². The predicted molar refractivity (Wildman–Crippen MR) is 111 cm³/mol. The molecule has 1 N–H and O–H groups in total. The molecule has 29 heavy (non-hydrogen) atoms. The molecule has 3 fully saturated rings. The first kappa shape index (κ1) is 20.5. The van der Waals surface area contributed by atoms with Crippen molar-refractivity contribution in [2.45, 2.75) is 71.9 Å². The molecule has 0 radical (unpaired) electrons. The number of rotatable bonds is 7. The van der Waals surface area contributed by atoms with Crippen molar-refractivity contribution in [2.24, 2.45) is 16.7 Å². The van der Waals surface area contributed by atoms with E-state index >= 15 is 0 Å². The van der Waals surface area contributed by atoms with Crippen LogP contribution in [0.5, 0.6) is 0 Å². The molecule has 5 heteroatoms. The Hall–Kier alpha value is -1.75. The van der Waals surface area contributed by atoms with Crippen LogP contribution in [-0.4, -0.2) is 41.8 Å². The number of halogens is 1. The number of nitrogens with zero attached hydrogens (tertiary/aromatic N) is 1. The summed E-state index contributed by atoms with van der Waals surface area (Å²) in [7, 11) is 0. The van der Waals surface area contributed by atoms with E-state index < -0.39 is 0 Å². The molecule has 1 saturated heterocycles. The lowest BCUT2D eigenvalue weighted by Gasteiger charge is -2.57. The summed E-state index contributed by atoms with van der Waals surface area (Å²) in [6.07, 6.45) is 4.87. The number of nitrogens with one attached hydrogen (secondary N) is 1. The van der Waals surface area contributed by atoms with E-state index in [1.165, 1.54) is 12.1 Å². The second-order valence-electron chi connectivity index (χ2n) is 10.8. The topological polar surface area (TPSA) is 49.4 Å². The zero-order valence-electron chi connectivity index (χ0n) is 18.1. The number of carbonyl (C=O) groups excluding carboxylic acids is 2. The number of fused-ring (bicyclic) bond motifs is 1. The molecule has 1 aromatic carbocycles. The molecular formula is C24H33FN2O2. The van der Waals surface area contributed by atoms with Gasteiger partial charge in [0.15, 0.2) is 0 Å². The van der Waals surface area contributed by atoms with E-state index in [2.05, 4.69) is 31.0 Å². The fourth-order valence-corrected chi connectivity index (χ4v) is 5.86. The van der Waals surface area contributed by atoms with Crippen LogP contribution in [0, 0.1) is 29.5 Å². The van der Waals surface area contributed by atoms with Crippen molar-refractivity contribution in [3.05, 3.63) is 35.1 Å². The van der Waals surface area contributed by atoms with E-state index in [1.807, 2.05) is 0 Å². The van der Waals surface area contributed by atoms with Crippen LogP contribution in [0.1, 0.15) is 68.8 Å². The Kier molecular flexibility index (Phi) is 5.09. The number of carbonyl (C=O) groups is 2. The molecule has 0 aromatic heterocycles. The largest absolute Gasteiger partial charge is 0.351 e. The zero-order valence-corrected chi connectivity index (χ0v) is 18.1. The summed E-state index contributed by atoms with van der Waals surface area (Å²) in [5.74, 6) is 0.378. The Labute approximate surface area is 173 Å². The average Bonchev–Trinajstić information content (AvgIpc) is 3.04. The molecular weight excluding hydrogens is 367 g/mol. The third-order valence-corrected chi connectivity index (χ3v) is 7.35. The fourth-order valence-electron chi connectivity index (χ4n) is 5.86. The minimum Gasteiger partial charge on any atom is -0.351 e. The summed E-state index contributed by atoms with van der Waals surface area (Å²) in [6, 6.07) is 5.44. The van der Waals surface area contributed by atoms with E-state index in [-0.39, 0.29) is 22.6 Å². The normalized spacial score (nSPS) is 30.3. The zero-order chi connectivity index (χ0) is 21.0. The van der Waals surface area contributed by atoms with Gasteiger partial charge in [0.25, 0.3) is 5.91 Å². The van der Waals surface area contributed by atoms with Gasteiger partial charge in [-0.2, -0.15) is 0 Å². The summed E-state index contributed by atoms with van der Waals surface area (Å²) >= 11 is 0. The standard InChI is InChI=1S/C24H33FN2O2/c1-15-7-16(9-17(25)8-15)22(29)26-14-24-11-18-10-20(24)21(12-24)27(18)13-19(28)5-6-23(2,3)4/h7-9,18,20-21H,5-6,10-14H2,1-4H3,(H,26,29)/t18-,20?,21-,24-/m0/s1. The Morgan fingerprint density at radius 1 is 1.24 bits per heavy atom. The highest BCUT2D eigenvalue weighted by atomic mass is 19.1. The first-order chi connectivity index (χ1) is 13.6. The molecule has 0 spiro atoms. The molecule has 2 aliphatic carbocycles. The Morgan fingerprint density at radius 3 is 2.62 bits per heavy atom. The maximum absolute atomic E-state index is 13.6. The number of piperidine rings is 2. The third kappa shape index (κ3) is 3.98. The first-order valence-corrected chi connectivity index (χ1v) is 10.9. The maximum Gasteiger partial charge on any atom is 0.251 e. The molecule has 4 rings (SSSR count). The van der Waals surface area contributed by atoms with Gasteiger partial charge >= 0.3 is 0 Å². The van der Waals surface area contributed by atoms with Crippen LogP contribution in [0.4, 0.5) is 4.39 Å². The molecule has 1 aliphatic heterocycles. The van der Waals surface area contributed by atoms with E-state index in [0.717, 1.165) is 31.2 Å². The van der Waals surface area contributed by atoms with Crippen molar-refractivity contribution in [2.75, 3.05) is 13.1 Å². The Morgan fingerprint density at radius 2 is 2.00 bits per heavy atom. The molecule has 2 saturated carbocycles. The summed E-state index contributed by atoms with van der Waals surface area (Å²) < 4.78 is 13.6. The van der Waals surface area contributed by atoms with Crippen LogP contribution in [0.25, 0.3) is 0 Å². The number of aryl methyl sites for hydroxylation is 1. The monoisotopic (exact) mass is 400 g/mol. The maximum atomic E-state index is 13.6. The van der Waals surface area contributed by atoms with Crippen LogP contribution < -0.4 is 5.32 Å². The average molecular weight is 401 g/mol. The van der Waals surface area contributed by atoms with Gasteiger partial charge in [-0.15, -0.1) is 0 Å². The summed E-state index contributed by atoms with van der Waals surface area (Å²) in [5.41, 5.74) is 1.52. The highest BCUT2D eigenvalue weighted by Gasteiger charge is 2.67. The lowest BCUT2D eigenvalue weighted by Crippen LogP contribution is -2.63. The predicted octanol–water partition coefficient (Wildman–Crippen LogP) is 4.11. The van der Waals surface area contributed by atoms with Crippen molar-refractivity contribution in [1.29, 1.82) is 0 Å². The third-order valence-electron chi connectivity index (χ3n) is 7.35. The van der Waals surface area contributed by atoms with Crippen LogP contribution in [-0.2, 0) is 4.79 Å². The molecule has 158 valence electrons. The fraction of sp³-hybridized carbons (Fsp3) is 0.667. The molecule has 1 amide bonds. The molecule has 4 nitrogen and oxygen atoms in total. The minimum atomic E-state index is -0.372. The van der Waals surface area contributed by atoms with E-state index in [4.69, 9.17) is 0 Å². The molecule has 1 aromatic rings. The number of benzene rings is 1. The lowest BCUT2D eigenvalue weighted by atomic mass is 9.57. The van der Waals surface area contributed by atoms with Crippen molar-refractivity contribution in [3.8, 4) is 0 Å². The number of amides is 1. The van der Waals surface area contributed by atoms with Crippen LogP contribution in [0.15, 0.2) is 18.2 Å². The molecule has 3 aliphatic rings. The van der Waals surface area contributed by atoms with Gasteiger partial charge in [0.05, 0.1) is 6.54 Å². The van der Waals surface area contributed by atoms with E-state index in [1.54, 1.807) is 13.0 Å². The second-order valence-corrected chi connectivity index (χ2v) is 10.8. The smallest absolute Gasteiger partial charge is 0.251 e. The molecule has 1 heterocycles. The van der Waals surface area contributed by atoms with Crippen LogP contribution >= 0.6 is 0 Å². The summed E-state index contributed by atoms with van der Waals surface area (Å²) in [4.78, 5) is 27.4. The van der Waals surface area contributed by atoms with Crippen LogP contribution in [0.3, 0.4) is 0 Å². The minimum absolute atomic E-state index is 0.179. The second kappa shape index (κ2) is 7.19. The van der Waals surface area contributed by atoms with Crippen molar-refractivity contribution in [3.63, 3.8) is 0 Å². The van der Waals surface area contributed by atoms with Gasteiger partial charge in [-0.25, -0.2) is 4.39 Å². The van der Waals surface area contributed by atoms with Gasteiger partial charge in [0.2, 0.25) is 0 Å². The number of Topliss-reactive ketones (excluding diaryl/α,β-unsaturated/α-hetero) is 1. The van der Waals surface area contributed by atoms with Crippen molar-refractivity contribution >= 4 is 11.7 Å². The number of ketones is 1. The lowest BCUT2D eigenvalue weighted by molar-refractivity contribution is -0.127. The van der Waals surface area contributed by atoms with Gasteiger partial charge in [-0.3, -0.25) is 14.5 Å². The van der Waals surface area contributed by atoms with E-state index in [0.29, 0.717) is 48.9 Å². The van der Waals surface area contributed by atoms with E-state index in [9.17, 15) is 14.0 Å². The molecule has 1 unspecified atom stereocenters. The molecule has 2 bridgehead atoms. The summed E-state index contributed by atoms with van der Waals surface area (Å²) in [5, 5.41) is 3.06. The number of hydrogen-bond acceptors (Lipinski definition) is 3. The van der Waals surface area contributed by atoms with Gasteiger partial charge in [-0.05, 0) is 73.1 Å². The van der Waals surface area contributed by atoms with Crippen molar-refractivity contribution in [1.82, 2.24) is 10.2 Å². The van der Waals surface area contributed by atoms with Crippen molar-refractivity contribution < 1.29 is 14.0 Å². The highest BCUT2D eigenvalue weighted by molar-refractivity contribution is 5.94. The first-order valence-electron chi connectivity index (χ1n) is 10.9. The van der Waals surface area contributed by atoms with Gasteiger partial charge in [0.1, 0.15) is 11.6 Å². The number of likely N-dealkylation sites (tertiary alicyclic amines) is 1. The summed E-state index contributed by atoms with van der Waals surface area (Å²) in [6.45, 7) is 9.58. The SMILES string of the molecule is Cc1cc(F)cc(C(=O)NC[C@@]23C[C@@H]4CC2[C@H](C3)N4CC(=O)CCC(C)(C)C)c1. The Balaban J connectivity index is 1.30. The van der Waals surface area contributed by atoms with Gasteiger partial charge < -0.3 is 5.32 Å². The quantitative estimate of drug-likeness (QED) is 0.749.